The number of hydrogen-bond acceptors (Lipinski definition) is 4. The number of carbonyl (C=O) groups is 2. The van der Waals surface area contributed by atoms with Gasteiger partial charge in [-0.05, 0) is 68.0 Å². The maximum absolute atomic E-state index is 13.2. The highest BCUT2D eigenvalue weighted by Crippen LogP contribution is 2.22. The van der Waals surface area contributed by atoms with Crippen LogP contribution in [0.4, 0.5) is 0 Å². The van der Waals surface area contributed by atoms with Gasteiger partial charge in [-0.2, -0.15) is 4.31 Å². The molecule has 0 aliphatic carbocycles. The molecule has 35 heavy (non-hydrogen) atoms. The van der Waals surface area contributed by atoms with E-state index in [-0.39, 0.29) is 23.1 Å². The van der Waals surface area contributed by atoms with Crippen LogP contribution in [0.15, 0.2) is 53.4 Å². The number of nitrogens with zero attached hydrogens (tertiary/aromatic N) is 2. The lowest BCUT2D eigenvalue weighted by atomic mass is 10.1. The van der Waals surface area contributed by atoms with E-state index in [9.17, 15) is 18.0 Å². The summed E-state index contributed by atoms with van der Waals surface area (Å²) in [7, 11) is -3.46. The second-order valence-corrected chi connectivity index (χ2v) is 11.2. The number of amides is 2. The zero-order valence-electron chi connectivity index (χ0n) is 20.4. The average molecular weight is 520 g/mol. The summed E-state index contributed by atoms with van der Waals surface area (Å²) in [5.41, 5.74) is 1.75. The number of benzene rings is 2. The van der Waals surface area contributed by atoms with Crippen LogP contribution in [0, 0.1) is 0 Å². The Morgan fingerprint density at radius 2 is 1.63 bits per heavy atom. The third-order valence-electron chi connectivity index (χ3n) is 6.24. The molecular weight excluding hydrogens is 486 g/mol. The fraction of sp³-hybridized carbons (Fsp3) is 0.462. The molecular formula is C26H34ClN3O4S. The second kappa shape index (κ2) is 12.5. The second-order valence-electron chi connectivity index (χ2n) is 8.87. The molecule has 0 saturated carbocycles. The molecule has 2 aromatic carbocycles. The van der Waals surface area contributed by atoms with Crippen LogP contribution in [0.2, 0.25) is 5.02 Å². The molecule has 1 saturated heterocycles. The lowest BCUT2D eigenvalue weighted by Gasteiger charge is -2.29. The molecule has 1 atom stereocenters. The van der Waals surface area contributed by atoms with Gasteiger partial charge in [-0.3, -0.25) is 9.59 Å². The summed E-state index contributed by atoms with van der Waals surface area (Å²) in [6.45, 7) is 5.68. The summed E-state index contributed by atoms with van der Waals surface area (Å²) in [6, 6.07) is 13.3. The molecule has 0 bridgehead atoms. The van der Waals surface area contributed by atoms with E-state index in [1.807, 2.05) is 19.1 Å². The Balaban J connectivity index is 1.68. The van der Waals surface area contributed by atoms with Crippen molar-refractivity contribution in [3.63, 3.8) is 0 Å². The maximum Gasteiger partial charge on any atom is 0.243 e. The van der Waals surface area contributed by atoms with Gasteiger partial charge in [0.15, 0.2) is 0 Å². The number of nitrogens with one attached hydrogen (secondary N) is 1. The Morgan fingerprint density at radius 3 is 2.23 bits per heavy atom. The van der Waals surface area contributed by atoms with E-state index in [0.29, 0.717) is 37.6 Å². The fourth-order valence-corrected chi connectivity index (χ4v) is 5.71. The van der Waals surface area contributed by atoms with E-state index < -0.39 is 16.1 Å². The lowest BCUT2D eigenvalue weighted by Crippen LogP contribution is -2.47. The number of halogens is 1. The van der Waals surface area contributed by atoms with E-state index >= 15 is 0 Å². The van der Waals surface area contributed by atoms with Crippen molar-refractivity contribution in [3.8, 4) is 0 Å². The number of aryl methyl sites for hydroxylation is 1. The van der Waals surface area contributed by atoms with Gasteiger partial charge in [-0.15, -0.1) is 0 Å². The average Bonchev–Trinajstić information content (AvgIpc) is 3.41. The zero-order valence-corrected chi connectivity index (χ0v) is 21.9. The van der Waals surface area contributed by atoms with Crippen LogP contribution in [0.25, 0.3) is 0 Å². The molecule has 9 heteroatoms. The molecule has 3 rings (SSSR count). The first-order chi connectivity index (χ1) is 16.7. The van der Waals surface area contributed by atoms with Crippen molar-refractivity contribution < 1.29 is 18.0 Å². The predicted molar refractivity (Wildman–Crippen MR) is 138 cm³/mol. The monoisotopic (exact) mass is 519 g/mol. The summed E-state index contributed by atoms with van der Waals surface area (Å²) >= 11 is 5.99. The van der Waals surface area contributed by atoms with Crippen LogP contribution in [0.5, 0.6) is 0 Å². The molecule has 0 unspecified atom stereocenters. The SMILES string of the molecule is CCCNC(=O)[C@H](C)N(Cc1ccc(Cl)cc1)C(=O)CCc1ccc(S(=O)(=O)N2CCCC2)cc1. The molecule has 1 aliphatic rings. The van der Waals surface area contributed by atoms with Crippen molar-refractivity contribution in [3.05, 3.63) is 64.7 Å². The Morgan fingerprint density at radius 1 is 1.03 bits per heavy atom. The standard InChI is InChI=1S/C26H34ClN3O4S/c1-3-16-28-26(32)20(2)30(19-22-6-11-23(27)12-7-22)25(31)15-10-21-8-13-24(14-9-21)35(33,34)29-17-4-5-18-29/h6-9,11-14,20H,3-5,10,15-19H2,1-2H3,(H,28,32)/t20-/m0/s1. The maximum atomic E-state index is 13.2. The minimum atomic E-state index is -3.46. The van der Waals surface area contributed by atoms with Crippen molar-refractivity contribution in [2.24, 2.45) is 0 Å². The highest BCUT2D eigenvalue weighted by atomic mass is 35.5. The number of carbonyl (C=O) groups excluding carboxylic acids is 2. The van der Waals surface area contributed by atoms with Gasteiger partial charge in [0.1, 0.15) is 6.04 Å². The Hall–Kier alpha value is -2.42. The van der Waals surface area contributed by atoms with Crippen molar-refractivity contribution >= 4 is 33.4 Å². The number of sulfonamides is 1. The third-order valence-corrected chi connectivity index (χ3v) is 8.40. The topological polar surface area (TPSA) is 86.8 Å². The predicted octanol–water partition coefficient (Wildman–Crippen LogP) is 4.00. The van der Waals surface area contributed by atoms with E-state index in [0.717, 1.165) is 30.4 Å². The van der Waals surface area contributed by atoms with Crippen molar-refractivity contribution in [1.29, 1.82) is 0 Å². The van der Waals surface area contributed by atoms with Crippen LogP contribution in [0.3, 0.4) is 0 Å². The van der Waals surface area contributed by atoms with Gasteiger partial charge < -0.3 is 10.2 Å². The quantitative estimate of drug-likeness (QED) is 0.486. The highest BCUT2D eigenvalue weighted by Gasteiger charge is 2.28. The van der Waals surface area contributed by atoms with Crippen molar-refractivity contribution in [1.82, 2.24) is 14.5 Å². The van der Waals surface area contributed by atoms with E-state index in [4.69, 9.17) is 11.6 Å². The third kappa shape index (κ3) is 7.29. The van der Waals surface area contributed by atoms with Gasteiger partial charge in [0, 0.05) is 37.6 Å². The first-order valence-electron chi connectivity index (χ1n) is 12.1. The van der Waals surface area contributed by atoms with Gasteiger partial charge in [0.05, 0.1) is 4.90 Å². The smallest absolute Gasteiger partial charge is 0.243 e. The summed E-state index contributed by atoms with van der Waals surface area (Å²) < 4.78 is 27.0. The normalized spacial score (nSPS) is 15.1. The van der Waals surface area contributed by atoms with Crippen LogP contribution in [-0.2, 0) is 32.6 Å². The van der Waals surface area contributed by atoms with Crippen LogP contribution >= 0.6 is 11.6 Å². The first-order valence-corrected chi connectivity index (χ1v) is 13.9. The van der Waals surface area contributed by atoms with Crippen LogP contribution in [0.1, 0.15) is 50.7 Å². The first kappa shape index (κ1) is 27.2. The van der Waals surface area contributed by atoms with Crippen LogP contribution < -0.4 is 5.32 Å². The highest BCUT2D eigenvalue weighted by molar-refractivity contribution is 7.89. The molecule has 2 amide bonds. The number of rotatable bonds is 11. The van der Waals surface area contributed by atoms with E-state index in [1.165, 1.54) is 4.31 Å². The lowest BCUT2D eigenvalue weighted by molar-refractivity contribution is -0.140. The largest absolute Gasteiger partial charge is 0.354 e. The van der Waals surface area contributed by atoms with Gasteiger partial charge in [-0.1, -0.05) is 42.8 Å². The Bertz CT molecular complexity index is 1100. The van der Waals surface area contributed by atoms with Gasteiger partial charge >= 0.3 is 0 Å². The molecule has 0 aromatic heterocycles. The molecule has 0 spiro atoms. The minimum Gasteiger partial charge on any atom is -0.354 e. The van der Waals surface area contributed by atoms with E-state index in [2.05, 4.69) is 5.32 Å². The fourth-order valence-electron chi connectivity index (χ4n) is 4.07. The summed E-state index contributed by atoms with van der Waals surface area (Å²) in [4.78, 5) is 27.7. The van der Waals surface area contributed by atoms with Gasteiger partial charge in [-0.25, -0.2) is 8.42 Å². The Kier molecular flexibility index (Phi) is 9.71. The molecule has 7 nitrogen and oxygen atoms in total. The molecule has 0 radical (unpaired) electrons. The molecule has 2 aromatic rings. The molecule has 1 N–H and O–H groups in total. The van der Waals surface area contributed by atoms with Crippen molar-refractivity contribution in [2.75, 3.05) is 19.6 Å². The van der Waals surface area contributed by atoms with Crippen molar-refractivity contribution in [2.45, 2.75) is 63.4 Å². The molecule has 1 heterocycles. The van der Waals surface area contributed by atoms with Gasteiger partial charge in [0.2, 0.25) is 21.8 Å². The summed E-state index contributed by atoms with van der Waals surface area (Å²) in [5, 5.41) is 3.47. The minimum absolute atomic E-state index is 0.145. The molecule has 1 fully saturated rings. The molecule has 1 aliphatic heterocycles. The molecule has 190 valence electrons. The number of hydrogen-bond donors (Lipinski definition) is 1. The Labute approximate surface area is 213 Å². The summed E-state index contributed by atoms with van der Waals surface area (Å²) in [5.74, 6) is -0.335. The van der Waals surface area contributed by atoms with Gasteiger partial charge in [0.25, 0.3) is 0 Å². The zero-order chi connectivity index (χ0) is 25.4. The van der Waals surface area contributed by atoms with Crippen LogP contribution in [-0.4, -0.2) is 55.1 Å². The summed E-state index contributed by atoms with van der Waals surface area (Å²) in [6.07, 6.45) is 3.25. The van der Waals surface area contributed by atoms with E-state index in [1.54, 1.807) is 48.2 Å².